The number of methoxy groups -OCH3 is 1. The second-order valence-electron chi connectivity index (χ2n) is 6.36. The number of nitrogens with zero attached hydrogens (tertiary/aromatic N) is 2. The smallest absolute Gasteiger partial charge is 0.356 e. The highest BCUT2D eigenvalue weighted by Crippen LogP contribution is 2.33. The number of hydrogen-bond acceptors (Lipinski definition) is 9. The lowest BCUT2D eigenvalue weighted by Crippen LogP contribution is -2.07. The SMILES string of the molecule is CCCc1c(OCCCSc2cc(C(=O)OC)nc(SC)n2)ccc(C(C)=O)c1O. The summed E-state index contributed by atoms with van der Waals surface area (Å²) in [5.74, 6) is 0.677. The van der Waals surface area contributed by atoms with Crippen LogP contribution in [0.1, 0.15) is 53.1 Å². The number of ketones is 1. The van der Waals surface area contributed by atoms with Gasteiger partial charge in [-0.05, 0) is 38.2 Å². The third-order valence-electron chi connectivity index (χ3n) is 4.17. The Morgan fingerprint density at radius 2 is 2.00 bits per heavy atom. The van der Waals surface area contributed by atoms with Crippen molar-refractivity contribution in [1.29, 1.82) is 0 Å². The maximum Gasteiger partial charge on any atom is 0.356 e. The molecule has 30 heavy (non-hydrogen) atoms. The molecule has 0 radical (unpaired) electrons. The third-order valence-corrected chi connectivity index (χ3v) is 5.72. The molecule has 1 aromatic heterocycles. The van der Waals surface area contributed by atoms with Gasteiger partial charge in [-0.1, -0.05) is 25.1 Å². The number of benzene rings is 1. The van der Waals surface area contributed by atoms with Crippen LogP contribution in [0.3, 0.4) is 0 Å². The summed E-state index contributed by atoms with van der Waals surface area (Å²) in [7, 11) is 1.32. The van der Waals surface area contributed by atoms with E-state index in [1.54, 1.807) is 18.2 Å². The van der Waals surface area contributed by atoms with E-state index in [2.05, 4.69) is 9.97 Å². The number of rotatable bonds is 11. The maximum atomic E-state index is 11.8. The third kappa shape index (κ3) is 6.37. The number of thioether (sulfide) groups is 2. The Balaban J connectivity index is 1.97. The van der Waals surface area contributed by atoms with E-state index < -0.39 is 5.97 Å². The molecule has 1 heterocycles. The molecule has 0 fully saturated rings. The van der Waals surface area contributed by atoms with Crippen LogP contribution in [0.25, 0.3) is 0 Å². The van der Waals surface area contributed by atoms with E-state index in [0.29, 0.717) is 40.1 Å². The van der Waals surface area contributed by atoms with Gasteiger partial charge < -0.3 is 14.6 Å². The molecule has 162 valence electrons. The minimum Gasteiger partial charge on any atom is -0.507 e. The molecule has 1 N–H and O–H groups in total. The van der Waals surface area contributed by atoms with Crippen LogP contribution in [0.15, 0.2) is 28.4 Å². The molecule has 2 rings (SSSR count). The van der Waals surface area contributed by atoms with Gasteiger partial charge in [0.05, 0.1) is 19.3 Å². The molecule has 9 heteroatoms. The lowest BCUT2D eigenvalue weighted by atomic mass is 10.0. The molecule has 0 saturated heterocycles. The van der Waals surface area contributed by atoms with Gasteiger partial charge in [0.25, 0.3) is 0 Å². The molecule has 2 aromatic rings. The molecule has 0 bridgehead atoms. The normalized spacial score (nSPS) is 10.7. The zero-order valence-corrected chi connectivity index (χ0v) is 19.2. The summed E-state index contributed by atoms with van der Waals surface area (Å²) in [6.45, 7) is 3.89. The Labute approximate surface area is 185 Å². The van der Waals surface area contributed by atoms with Crippen molar-refractivity contribution in [3.63, 3.8) is 0 Å². The van der Waals surface area contributed by atoms with Crippen molar-refractivity contribution >= 4 is 35.3 Å². The van der Waals surface area contributed by atoms with Gasteiger partial charge in [0.1, 0.15) is 16.5 Å². The highest BCUT2D eigenvalue weighted by atomic mass is 32.2. The maximum absolute atomic E-state index is 11.8. The van der Waals surface area contributed by atoms with Crippen LogP contribution in [0.5, 0.6) is 11.5 Å². The van der Waals surface area contributed by atoms with Crippen LogP contribution in [-0.4, -0.2) is 52.6 Å². The first-order valence-electron chi connectivity index (χ1n) is 9.54. The van der Waals surface area contributed by atoms with Crippen LogP contribution < -0.4 is 4.74 Å². The van der Waals surface area contributed by atoms with E-state index >= 15 is 0 Å². The number of phenols is 1. The molecule has 7 nitrogen and oxygen atoms in total. The summed E-state index contributed by atoms with van der Waals surface area (Å²) < 4.78 is 10.6. The number of carbonyl (C=O) groups excluding carboxylic acids is 2. The summed E-state index contributed by atoms with van der Waals surface area (Å²) in [6, 6.07) is 4.96. The molecule has 0 atom stereocenters. The van der Waals surface area contributed by atoms with Gasteiger partial charge in [-0.3, -0.25) is 4.79 Å². The van der Waals surface area contributed by atoms with E-state index in [-0.39, 0.29) is 17.2 Å². The van der Waals surface area contributed by atoms with Crippen molar-refractivity contribution in [3.8, 4) is 11.5 Å². The lowest BCUT2D eigenvalue weighted by Gasteiger charge is -2.14. The fraction of sp³-hybridized carbons (Fsp3) is 0.429. The summed E-state index contributed by atoms with van der Waals surface area (Å²) in [4.78, 5) is 32.0. The minimum atomic E-state index is -0.491. The van der Waals surface area contributed by atoms with E-state index in [9.17, 15) is 14.7 Å². The quantitative estimate of drug-likeness (QED) is 0.133. The average Bonchev–Trinajstić information content (AvgIpc) is 2.74. The molecule has 0 saturated carbocycles. The molecule has 0 spiro atoms. The van der Waals surface area contributed by atoms with Crippen molar-refractivity contribution in [3.05, 3.63) is 35.0 Å². The predicted octanol–water partition coefficient (Wildman–Crippen LogP) is 4.41. The molecular formula is C21H26N2O5S2. The largest absolute Gasteiger partial charge is 0.507 e. The molecule has 0 unspecified atom stereocenters. The number of phenolic OH excluding ortho intramolecular Hbond substituents is 1. The number of aromatic hydroxyl groups is 1. The van der Waals surface area contributed by atoms with Gasteiger partial charge >= 0.3 is 5.97 Å². The fourth-order valence-corrected chi connectivity index (χ4v) is 3.98. The minimum absolute atomic E-state index is 0.0112. The van der Waals surface area contributed by atoms with Crippen molar-refractivity contribution in [2.75, 3.05) is 25.7 Å². The Kier molecular flexibility index (Phi) is 9.45. The first-order valence-corrected chi connectivity index (χ1v) is 11.7. The monoisotopic (exact) mass is 450 g/mol. The summed E-state index contributed by atoms with van der Waals surface area (Å²) in [6.07, 6.45) is 4.04. The number of carbonyl (C=O) groups is 2. The second-order valence-corrected chi connectivity index (χ2v) is 8.25. The van der Waals surface area contributed by atoms with Crippen LogP contribution in [0.2, 0.25) is 0 Å². The molecular weight excluding hydrogens is 424 g/mol. The first kappa shape index (κ1) is 24.0. The van der Waals surface area contributed by atoms with E-state index in [4.69, 9.17) is 9.47 Å². The summed E-state index contributed by atoms with van der Waals surface area (Å²) in [5, 5.41) is 11.6. The molecule has 0 aliphatic rings. The standard InChI is InChI=1S/C21H26N2O5S2/c1-5-7-15-17(9-8-14(13(2)24)19(15)25)28-10-6-11-30-18-12-16(20(26)27-3)22-21(23-18)29-4/h8-9,12,25H,5-7,10-11H2,1-4H3. The van der Waals surface area contributed by atoms with Crippen molar-refractivity contribution in [2.24, 2.45) is 0 Å². The second kappa shape index (κ2) is 11.8. The molecule has 1 aromatic carbocycles. The zero-order chi connectivity index (χ0) is 22.1. The van der Waals surface area contributed by atoms with Crippen LogP contribution >= 0.6 is 23.5 Å². The van der Waals surface area contributed by atoms with Crippen LogP contribution in [0, 0.1) is 0 Å². The van der Waals surface area contributed by atoms with Crippen molar-refractivity contribution < 1.29 is 24.2 Å². The Bertz CT molecular complexity index is 905. The van der Waals surface area contributed by atoms with Gasteiger partial charge in [0.15, 0.2) is 16.6 Å². The molecule has 0 aliphatic carbocycles. The van der Waals surface area contributed by atoms with E-state index in [1.165, 1.54) is 37.6 Å². The van der Waals surface area contributed by atoms with Crippen LogP contribution in [-0.2, 0) is 11.2 Å². The predicted molar refractivity (Wildman–Crippen MR) is 118 cm³/mol. The first-order chi connectivity index (χ1) is 14.4. The Morgan fingerprint density at radius 1 is 1.23 bits per heavy atom. The summed E-state index contributed by atoms with van der Waals surface area (Å²) >= 11 is 2.87. The topological polar surface area (TPSA) is 98.6 Å². The number of esters is 1. The summed E-state index contributed by atoms with van der Waals surface area (Å²) in [5.41, 5.74) is 1.22. The highest BCUT2D eigenvalue weighted by molar-refractivity contribution is 7.99. The van der Waals surface area contributed by atoms with Crippen molar-refractivity contribution in [1.82, 2.24) is 9.97 Å². The van der Waals surface area contributed by atoms with Gasteiger partial charge in [-0.25, -0.2) is 14.8 Å². The Morgan fingerprint density at radius 3 is 2.63 bits per heavy atom. The van der Waals surface area contributed by atoms with Crippen molar-refractivity contribution in [2.45, 2.75) is 43.3 Å². The van der Waals surface area contributed by atoms with E-state index in [1.807, 2.05) is 13.2 Å². The van der Waals surface area contributed by atoms with Gasteiger partial charge in [-0.2, -0.15) is 0 Å². The fourth-order valence-electron chi connectivity index (χ4n) is 2.72. The van der Waals surface area contributed by atoms with Crippen LogP contribution in [0.4, 0.5) is 0 Å². The average molecular weight is 451 g/mol. The lowest BCUT2D eigenvalue weighted by molar-refractivity contribution is 0.0592. The highest BCUT2D eigenvalue weighted by Gasteiger charge is 2.16. The number of Topliss-reactive ketones (excluding diaryl/α,β-unsaturated/α-hetero) is 1. The van der Waals surface area contributed by atoms with Gasteiger partial charge in [0, 0.05) is 17.4 Å². The van der Waals surface area contributed by atoms with Gasteiger partial charge in [0.2, 0.25) is 0 Å². The number of ether oxygens (including phenoxy) is 2. The Hall–Kier alpha value is -2.26. The molecule has 0 amide bonds. The molecule has 0 aliphatic heterocycles. The van der Waals surface area contributed by atoms with Gasteiger partial charge in [-0.15, -0.1) is 11.8 Å². The van der Waals surface area contributed by atoms with E-state index in [0.717, 1.165) is 18.6 Å². The number of hydrogen-bond donors (Lipinski definition) is 1. The number of aromatic nitrogens is 2. The zero-order valence-electron chi connectivity index (χ0n) is 17.6.